The lowest BCUT2D eigenvalue weighted by Gasteiger charge is -2.44. The highest BCUT2D eigenvalue weighted by Gasteiger charge is 2.38. The third-order valence-corrected chi connectivity index (χ3v) is 6.21. The number of anilines is 3. The average molecular weight is 406 g/mol. The molecule has 4 rings (SSSR count). The molecule has 0 bridgehead atoms. The molecule has 2 unspecified atom stereocenters. The molecule has 1 fully saturated rings. The van der Waals surface area contributed by atoms with Gasteiger partial charge in [0.25, 0.3) is 0 Å². The number of benzene rings is 1. The molecule has 0 radical (unpaired) electrons. The monoisotopic (exact) mass is 405 g/mol. The Morgan fingerprint density at radius 1 is 1.23 bits per heavy atom. The predicted octanol–water partition coefficient (Wildman–Crippen LogP) is 3.33. The maximum absolute atomic E-state index is 12.5. The van der Waals surface area contributed by atoms with Crippen LogP contribution >= 0.6 is 0 Å². The highest BCUT2D eigenvalue weighted by Crippen LogP contribution is 2.43. The SMILES string of the molecule is CC(=O)N1c2ccc(N3CCOCC3)cc2C(Nc2ccc(C#N)cn2)C(C)[C@@H]1C. The van der Waals surface area contributed by atoms with Crippen molar-refractivity contribution in [3.05, 3.63) is 47.7 Å². The lowest BCUT2D eigenvalue weighted by Crippen LogP contribution is -2.48. The molecule has 1 aromatic heterocycles. The molecule has 2 aliphatic rings. The summed E-state index contributed by atoms with van der Waals surface area (Å²) in [6.45, 7) is 9.03. The molecule has 0 saturated carbocycles. The number of nitrogens with one attached hydrogen (secondary N) is 1. The van der Waals surface area contributed by atoms with Crippen molar-refractivity contribution >= 4 is 23.1 Å². The topological polar surface area (TPSA) is 81.5 Å². The smallest absolute Gasteiger partial charge is 0.224 e. The minimum Gasteiger partial charge on any atom is -0.378 e. The molecule has 1 aromatic carbocycles. The number of carbonyl (C=O) groups is 1. The van der Waals surface area contributed by atoms with Crippen molar-refractivity contribution < 1.29 is 9.53 Å². The van der Waals surface area contributed by atoms with Crippen LogP contribution in [0.4, 0.5) is 17.2 Å². The molecular weight excluding hydrogens is 378 g/mol. The summed E-state index contributed by atoms with van der Waals surface area (Å²) in [5, 5.41) is 12.6. The number of rotatable bonds is 3. The molecule has 7 heteroatoms. The molecule has 0 aliphatic carbocycles. The normalized spacial score (nSPS) is 23.5. The summed E-state index contributed by atoms with van der Waals surface area (Å²) >= 11 is 0. The van der Waals surface area contributed by atoms with Gasteiger partial charge in [0, 0.05) is 55.1 Å². The number of amides is 1. The maximum Gasteiger partial charge on any atom is 0.224 e. The number of hydrogen-bond acceptors (Lipinski definition) is 6. The summed E-state index contributed by atoms with van der Waals surface area (Å²) in [5.41, 5.74) is 3.70. The van der Waals surface area contributed by atoms with Gasteiger partial charge >= 0.3 is 0 Å². The van der Waals surface area contributed by atoms with Crippen LogP contribution in [-0.2, 0) is 9.53 Å². The molecule has 1 saturated heterocycles. The van der Waals surface area contributed by atoms with E-state index in [0.717, 1.165) is 49.1 Å². The van der Waals surface area contributed by atoms with E-state index in [4.69, 9.17) is 10.00 Å². The van der Waals surface area contributed by atoms with Crippen molar-refractivity contribution in [2.75, 3.05) is 41.4 Å². The lowest BCUT2D eigenvalue weighted by atomic mass is 9.82. The van der Waals surface area contributed by atoms with E-state index in [1.54, 1.807) is 19.2 Å². The standard InChI is InChI=1S/C23H27N5O2/c1-15-16(2)28(17(3)29)21-6-5-19(27-8-10-30-11-9-27)12-20(21)23(15)26-22-7-4-18(13-24)14-25-22/h4-7,12,14-16,23H,8-11H2,1-3H3,(H,25,26)/t15?,16-,23?/m0/s1. The Hall–Kier alpha value is -3.11. The van der Waals surface area contributed by atoms with Gasteiger partial charge in [0.2, 0.25) is 5.91 Å². The van der Waals surface area contributed by atoms with Gasteiger partial charge in [0.05, 0.1) is 24.8 Å². The van der Waals surface area contributed by atoms with Crippen LogP contribution in [0.1, 0.15) is 37.9 Å². The van der Waals surface area contributed by atoms with Crippen LogP contribution in [-0.4, -0.2) is 43.2 Å². The van der Waals surface area contributed by atoms with Crippen molar-refractivity contribution in [3.63, 3.8) is 0 Å². The fraction of sp³-hybridized carbons (Fsp3) is 0.435. The summed E-state index contributed by atoms with van der Waals surface area (Å²) in [6, 6.07) is 12.1. The first kappa shape index (κ1) is 20.2. The number of nitriles is 1. The number of carbonyl (C=O) groups excluding carboxylic acids is 1. The summed E-state index contributed by atoms with van der Waals surface area (Å²) in [6.07, 6.45) is 1.58. The molecule has 3 atom stereocenters. The molecule has 1 N–H and O–H groups in total. The van der Waals surface area contributed by atoms with Gasteiger partial charge in [-0.3, -0.25) is 4.79 Å². The maximum atomic E-state index is 12.5. The molecule has 2 aromatic rings. The Morgan fingerprint density at radius 2 is 2.00 bits per heavy atom. The number of aromatic nitrogens is 1. The second kappa shape index (κ2) is 8.33. The Morgan fingerprint density at radius 3 is 2.63 bits per heavy atom. The largest absolute Gasteiger partial charge is 0.378 e. The van der Waals surface area contributed by atoms with Gasteiger partial charge in [0.1, 0.15) is 11.9 Å². The number of morpholine rings is 1. The molecule has 3 heterocycles. The van der Waals surface area contributed by atoms with Gasteiger partial charge in [-0.05, 0) is 37.3 Å². The van der Waals surface area contributed by atoms with Gasteiger partial charge in [0.15, 0.2) is 0 Å². The molecule has 156 valence electrons. The fourth-order valence-electron chi connectivity index (χ4n) is 4.42. The predicted molar refractivity (Wildman–Crippen MR) is 117 cm³/mol. The van der Waals surface area contributed by atoms with Crippen LogP contribution in [0.2, 0.25) is 0 Å². The molecule has 30 heavy (non-hydrogen) atoms. The van der Waals surface area contributed by atoms with Crippen molar-refractivity contribution in [1.29, 1.82) is 5.26 Å². The van der Waals surface area contributed by atoms with Crippen LogP contribution in [0.25, 0.3) is 0 Å². The highest BCUT2D eigenvalue weighted by molar-refractivity contribution is 5.94. The van der Waals surface area contributed by atoms with E-state index in [1.807, 2.05) is 11.0 Å². The molecule has 1 amide bonds. The third-order valence-electron chi connectivity index (χ3n) is 6.21. The van der Waals surface area contributed by atoms with Gasteiger partial charge in [-0.15, -0.1) is 0 Å². The van der Waals surface area contributed by atoms with E-state index in [9.17, 15) is 4.79 Å². The van der Waals surface area contributed by atoms with Gasteiger partial charge in [-0.1, -0.05) is 6.92 Å². The Balaban J connectivity index is 1.74. The van der Waals surface area contributed by atoms with Crippen LogP contribution in [0, 0.1) is 17.2 Å². The molecule has 0 spiro atoms. The third kappa shape index (κ3) is 3.71. The van der Waals surface area contributed by atoms with Crippen LogP contribution in [0.3, 0.4) is 0 Å². The second-order valence-electron chi connectivity index (χ2n) is 8.00. The minimum atomic E-state index is -0.00738. The second-order valence-corrected chi connectivity index (χ2v) is 8.00. The average Bonchev–Trinajstić information content (AvgIpc) is 2.77. The number of fused-ring (bicyclic) bond motifs is 1. The summed E-state index contributed by atoms with van der Waals surface area (Å²) in [5.74, 6) is 0.931. The molecule has 2 aliphatic heterocycles. The van der Waals surface area contributed by atoms with E-state index in [2.05, 4.69) is 53.3 Å². The first-order chi connectivity index (χ1) is 14.5. The lowest BCUT2D eigenvalue weighted by molar-refractivity contribution is -0.117. The van der Waals surface area contributed by atoms with E-state index in [0.29, 0.717) is 5.56 Å². The van der Waals surface area contributed by atoms with Crippen molar-refractivity contribution in [3.8, 4) is 6.07 Å². The van der Waals surface area contributed by atoms with Crippen molar-refractivity contribution in [2.24, 2.45) is 5.92 Å². The Kier molecular flexibility index (Phi) is 5.60. The Labute approximate surface area is 177 Å². The van der Waals surface area contributed by atoms with Crippen LogP contribution in [0.15, 0.2) is 36.5 Å². The number of ether oxygens (including phenoxy) is 1. The first-order valence-electron chi connectivity index (χ1n) is 10.4. The summed E-state index contributed by atoms with van der Waals surface area (Å²) in [4.78, 5) is 21.1. The van der Waals surface area contributed by atoms with E-state index in [-0.39, 0.29) is 23.9 Å². The van der Waals surface area contributed by atoms with Gasteiger partial charge in [-0.25, -0.2) is 4.98 Å². The summed E-state index contributed by atoms with van der Waals surface area (Å²) < 4.78 is 5.49. The zero-order chi connectivity index (χ0) is 21.3. The highest BCUT2D eigenvalue weighted by atomic mass is 16.5. The van der Waals surface area contributed by atoms with Crippen LogP contribution < -0.4 is 15.1 Å². The minimum absolute atomic E-state index is 0.00738. The molecule has 7 nitrogen and oxygen atoms in total. The van der Waals surface area contributed by atoms with E-state index >= 15 is 0 Å². The first-order valence-corrected chi connectivity index (χ1v) is 10.4. The van der Waals surface area contributed by atoms with E-state index < -0.39 is 0 Å². The van der Waals surface area contributed by atoms with Gasteiger partial charge < -0.3 is 19.9 Å². The fourth-order valence-corrected chi connectivity index (χ4v) is 4.42. The Bertz CT molecular complexity index is 963. The molecular formula is C23H27N5O2. The van der Waals surface area contributed by atoms with Crippen molar-refractivity contribution in [1.82, 2.24) is 4.98 Å². The zero-order valence-corrected chi connectivity index (χ0v) is 17.6. The summed E-state index contributed by atoms with van der Waals surface area (Å²) in [7, 11) is 0. The van der Waals surface area contributed by atoms with E-state index in [1.165, 1.54) is 0 Å². The number of nitrogens with zero attached hydrogens (tertiary/aromatic N) is 4. The number of hydrogen-bond donors (Lipinski definition) is 1. The quantitative estimate of drug-likeness (QED) is 0.844. The number of pyridine rings is 1. The zero-order valence-electron chi connectivity index (χ0n) is 17.6. The van der Waals surface area contributed by atoms with Crippen LogP contribution in [0.5, 0.6) is 0 Å². The van der Waals surface area contributed by atoms with Crippen molar-refractivity contribution in [2.45, 2.75) is 32.9 Å². The van der Waals surface area contributed by atoms with Gasteiger partial charge in [-0.2, -0.15) is 5.26 Å².